The van der Waals surface area contributed by atoms with Crippen LogP contribution in [-0.4, -0.2) is 33.4 Å². The van der Waals surface area contributed by atoms with Gasteiger partial charge in [-0.05, 0) is 34.1 Å². The van der Waals surface area contributed by atoms with Gasteiger partial charge in [0.2, 0.25) is 0 Å². The minimum Gasteiger partial charge on any atom is -0.361 e. The second kappa shape index (κ2) is 6.65. The first-order chi connectivity index (χ1) is 9.10. The zero-order chi connectivity index (χ0) is 15.4. The van der Waals surface area contributed by atoms with Crippen LogP contribution < -0.4 is 11.1 Å². The Morgan fingerprint density at radius 1 is 1.35 bits per heavy atom. The second-order valence-electron chi connectivity index (χ2n) is 6.75. The Hall–Kier alpha value is -0.980. The second-order valence-corrected chi connectivity index (χ2v) is 6.75. The molecule has 0 aliphatic carbocycles. The quantitative estimate of drug-likeness (QED) is 0.709. The molecule has 0 amide bonds. The molecule has 20 heavy (non-hydrogen) atoms. The monoisotopic (exact) mass is 283 g/mol. The van der Waals surface area contributed by atoms with Crippen LogP contribution in [0.5, 0.6) is 0 Å². The molecule has 6 nitrogen and oxygen atoms in total. The normalized spacial score (nSPS) is 13.2. The molecule has 1 heterocycles. The number of hydrogen-bond acceptors (Lipinski definition) is 5. The Kier molecular flexibility index (Phi) is 5.68. The minimum absolute atomic E-state index is 0.0820. The first-order valence-electron chi connectivity index (χ1n) is 7.17. The molecule has 0 aliphatic heterocycles. The molecule has 1 rings (SSSR count). The summed E-state index contributed by atoms with van der Waals surface area (Å²) in [5.74, 6) is 0. The number of nitrogens with one attached hydrogen (secondary N) is 1. The van der Waals surface area contributed by atoms with Crippen LogP contribution in [0.4, 0.5) is 0 Å². The van der Waals surface area contributed by atoms with Crippen LogP contribution in [-0.2, 0) is 16.8 Å². The predicted octanol–water partition coefficient (Wildman–Crippen LogP) is 1.61. The van der Waals surface area contributed by atoms with Gasteiger partial charge >= 0.3 is 0 Å². The van der Waals surface area contributed by atoms with E-state index in [0.717, 1.165) is 12.1 Å². The first kappa shape index (κ1) is 17.1. The molecule has 0 atom stereocenters. The molecular formula is C14H29N5O. The summed E-state index contributed by atoms with van der Waals surface area (Å²) >= 11 is 0. The zero-order valence-electron chi connectivity index (χ0n) is 13.6. The summed E-state index contributed by atoms with van der Waals surface area (Å²) in [7, 11) is 0. The van der Waals surface area contributed by atoms with Crippen LogP contribution in [0.1, 0.15) is 53.7 Å². The van der Waals surface area contributed by atoms with Gasteiger partial charge < -0.3 is 10.5 Å². The molecule has 6 heteroatoms. The van der Waals surface area contributed by atoms with Gasteiger partial charge in [0, 0.05) is 18.1 Å². The van der Waals surface area contributed by atoms with Crippen molar-refractivity contribution in [3.05, 3.63) is 11.9 Å². The molecule has 116 valence electrons. The minimum atomic E-state index is -0.588. The maximum atomic E-state index is 5.81. The van der Waals surface area contributed by atoms with Crippen molar-refractivity contribution in [1.29, 1.82) is 0 Å². The van der Waals surface area contributed by atoms with E-state index < -0.39 is 5.72 Å². The van der Waals surface area contributed by atoms with E-state index in [9.17, 15) is 0 Å². The summed E-state index contributed by atoms with van der Waals surface area (Å²) in [6, 6.07) is 0.427. The van der Waals surface area contributed by atoms with E-state index in [1.807, 2.05) is 24.7 Å². The van der Waals surface area contributed by atoms with Crippen LogP contribution in [0, 0.1) is 0 Å². The highest BCUT2D eigenvalue weighted by molar-refractivity contribution is 5.08. The molecule has 0 aromatic carbocycles. The van der Waals surface area contributed by atoms with Crippen LogP contribution in [0.25, 0.3) is 0 Å². The average Bonchev–Trinajstić information content (AvgIpc) is 2.73. The SMILES string of the molecule is CC(C)NCn1cc(C(C)(C)CCOC(C)(C)N)nn1. The van der Waals surface area contributed by atoms with Crippen molar-refractivity contribution >= 4 is 0 Å². The molecular weight excluding hydrogens is 254 g/mol. The van der Waals surface area contributed by atoms with E-state index >= 15 is 0 Å². The van der Waals surface area contributed by atoms with Gasteiger partial charge in [0.25, 0.3) is 0 Å². The summed E-state index contributed by atoms with van der Waals surface area (Å²) in [6.45, 7) is 13.5. The maximum absolute atomic E-state index is 5.81. The largest absolute Gasteiger partial charge is 0.361 e. The lowest BCUT2D eigenvalue weighted by Gasteiger charge is -2.25. The summed E-state index contributed by atoms with van der Waals surface area (Å²) in [4.78, 5) is 0. The third-order valence-corrected chi connectivity index (χ3v) is 3.09. The Balaban J connectivity index is 2.54. The molecule has 0 bridgehead atoms. The molecule has 1 aromatic rings. The number of ether oxygens (including phenoxy) is 1. The van der Waals surface area contributed by atoms with Crippen molar-refractivity contribution in [3.63, 3.8) is 0 Å². The number of nitrogens with two attached hydrogens (primary N) is 1. The highest BCUT2D eigenvalue weighted by Gasteiger charge is 2.25. The maximum Gasteiger partial charge on any atom is 0.111 e. The van der Waals surface area contributed by atoms with Crippen molar-refractivity contribution in [2.24, 2.45) is 5.73 Å². The van der Waals surface area contributed by atoms with Crippen molar-refractivity contribution < 1.29 is 4.74 Å². The zero-order valence-corrected chi connectivity index (χ0v) is 13.6. The molecule has 0 spiro atoms. The van der Waals surface area contributed by atoms with Gasteiger partial charge in [0.05, 0.1) is 18.6 Å². The number of nitrogens with zero attached hydrogens (tertiary/aromatic N) is 3. The average molecular weight is 283 g/mol. The molecule has 0 saturated heterocycles. The third-order valence-electron chi connectivity index (χ3n) is 3.09. The van der Waals surface area contributed by atoms with Crippen molar-refractivity contribution in [3.8, 4) is 0 Å². The molecule has 1 aromatic heterocycles. The number of rotatable bonds is 8. The molecule has 0 saturated carbocycles. The van der Waals surface area contributed by atoms with Gasteiger partial charge in [0.15, 0.2) is 0 Å². The Bertz CT molecular complexity index is 406. The summed E-state index contributed by atoms with van der Waals surface area (Å²) < 4.78 is 7.41. The Morgan fingerprint density at radius 3 is 2.55 bits per heavy atom. The first-order valence-corrected chi connectivity index (χ1v) is 7.17. The topological polar surface area (TPSA) is 78.0 Å². The fourth-order valence-electron chi connectivity index (χ4n) is 1.66. The van der Waals surface area contributed by atoms with Crippen LogP contribution in [0.3, 0.4) is 0 Å². The number of hydrogen-bond donors (Lipinski definition) is 2. The van der Waals surface area contributed by atoms with E-state index in [1.165, 1.54) is 0 Å². The predicted molar refractivity (Wildman–Crippen MR) is 80.2 cm³/mol. The highest BCUT2D eigenvalue weighted by Crippen LogP contribution is 2.25. The van der Waals surface area contributed by atoms with Crippen LogP contribution in [0.15, 0.2) is 6.20 Å². The highest BCUT2D eigenvalue weighted by atomic mass is 16.5. The fourth-order valence-corrected chi connectivity index (χ4v) is 1.66. The van der Waals surface area contributed by atoms with Crippen LogP contribution in [0.2, 0.25) is 0 Å². The standard InChI is InChI=1S/C14H29N5O/c1-11(2)16-10-19-9-12(17-18-19)13(3,4)7-8-20-14(5,6)15/h9,11,16H,7-8,10,15H2,1-6H3. The molecule has 0 fully saturated rings. The lowest BCUT2D eigenvalue weighted by Crippen LogP contribution is -2.36. The van der Waals surface area contributed by atoms with Gasteiger partial charge in [0.1, 0.15) is 5.72 Å². The lowest BCUT2D eigenvalue weighted by molar-refractivity contribution is -0.0193. The third kappa shape index (κ3) is 5.98. The molecule has 0 radical (unpaired) electrons. The van der Waals surface area contributed by atoms with E-state index in [2.05, 4.69) is 43.3 Å². The van der Waals surface area contributed by atoms with Crippen molar-refractivity contribution in [1.82, 2.24) is 20.3 Å². The molecule has 3 N–H and O–H groups in total. The van der Waals surface area contributed by atoms with Gasteiger partial charge in [-0.2, -0.15) is 0 Å². The van der Waals surface area contributed by atoms with Crippen molar-refractivity contribution in [2.45, 2.75) is 71.8 Å². The summed E-state index contributed by atoms with van der Waals surface area (Å²) in [5.41, 5.74) is 6.12. The summed E-state index contributed by atoms with van der Waals surface area (Å²) in [5, 5.41) is 11.7. The van der Waals surface area contributed by atoms with E-state index in [1.54, 1.807) is 0 Å². The van der Waals surface area contributed by atoms with Gasteiger partial charge in [-0.15, -0.1) is 5.10 Å². The lowest BCUT2D eigenvalue weighted by atomic mass is 9.86. The van der Waals surface area contributed by atoms with E-state index in [-0.39, 0.29) is 5.41 Å². The van der Waals surface area contributed by atoms with Gasteiger partial charge in [-0.3, -0.25) is 5.32 Å². The van der Waals surface area contributed by atoms with Crippen molar-refractivity contribution in [2.75, 3.05) is 6.61 Å². The van der Waals surface area contributed by atoms with Crippen LogP contribution >= 0.6 is 0 Å². The number of aromatic nitrogens is 3. The molecule has 0 unspecified atom stereocenters. The Morgan fingerprint density at radius 2 is 2.00 bits per heavy atom. The smallest absolute Gasteiger partial charge is 0.111 e. The summed E-state index contributed by atoms with van der Waals surface area (Å²) in [6.07, 6.45) is 2.84. The van der Waals surface area contributed by atoms with Gasteiger partial charge in [-0.1, -0.05) is 19.1 Å². The Labute approximate surface area is 122 Å². The van der Waals surface area contributed by atoms with Gasteiger partial charge in [-0.25, -0.2) is 4.68 Å². The fraction of sp³-hybridized carbons (Fsp3) is 0.857. The van der Waals surface area contributed by atoms with E-state index in [0.29, 0.717) is 19.3 Å². The molecule has 0 aliphatic rings. The van der Waals surface area contributed by atoms with E-state index in [4.69, 9.17) is 10.5 Å².